The van der Waals surface area contributed by atoms with Crippen molar-refractivity contribution in [1.82, 2.24) is 4.98 Å². The second kappa shape index (κ2) is 5.09. The molecule has 0 unspecified atom stereocenters. The SMILES string of the molecule is Nc1ccc2cc(OCc3ccccc3)c(=O)[nH]c2c1. The third-order valence-corrected chi connectivity index (χ3v) is 3.07. The Hall–Kier alpha value is -2.75. The highest BCUT2D eigenvalue weighted by molar-refractivity contribution is 5.82. The van der Waals surface area contributed by atoms with Crippen LogP contribution in [0, 0.1) is 0 Å². The minimum absolute atomic E-state index is 0.251. The Balaban J connectivity index is 1.90. The van der Waals surface area contributed by atoms with E-state index in [1.54, 1.807) is 18.2 Å². The summed E-state index contributed by atoms with van der Waals surface area (Å²) in [5.74, 6) is 0.311. The first kappa shape index (κ1) is 12.3. The molecule has 3 aromatic rings. The number of aromatic nitrogens is 1. The molecule has 0 atom stereocenters. The van der Waals surface area contributed by atoms with Crippen LogP contribution in [0.25, 0.3) is 10.9 Å². The minimum atomic E-state index is -0.251. The van der Waals surface area contributed by atoms with Gasteiger partial charge in [-0.25, -0.2) is 0 Å². The van der Waals surface area contributed by atoms with E-state index in [2.05, 4.69) is 4.98 Å². The molecule has 3 rings (SSSR count). The largest absolute Gasteiger partial charge is 0.483 e. The number of nitrogens with two attached hydrogens (primary N) is 1. The number of nitrogen functional groups attached to an aromatic ring is 1. The number of rotatable bonds is 3. The molecule has 0 aliphatic rings. The van der Waals surface area contributed by atoms with Crippen molar-refractivity contribution >= 4 is 16.6 Å². The fourth-order valence-electron chi connectivity index (χ4n) is 2.04. The molecule has 20 heavy (non-hydrogen) atoms. The average molecular weight is 266 g/mol. The van der Waals surface area contributed by atoms with Crippen molar-refractivity contribution in [2.24, 2.45) is 0 Å². The van der Waals surface area contributed by atoms with Gasteiger partial charge in [0.15, 0.2) is 5.75 Å². The van der Waals surface area contributed by atoms with Gasteiger partial charge in [0, 0.05) is 11.1 Å². The topological polar surface area (TPSA) is 68.1 Å². The molecule has 0 aliphatic carbocycles. The van der Waals surface area contributed by atoms with Crippen LogP contribution < -0.4 is 16.0 Å². The van der Waals surface area contributed by atoms with Gasteiger partial charge in [0.1, 0.15) is 6.61 Å². The molecular formula is C16H14N2O2. The van der Waals surface area contributed by atoms with Crippen LogP contribution in [0.1, 0.15) is 5.56 Å². The summed E-state index contributed by atoms with van der Waals surface area (Å²) in [5.41, 5.74) is 7.79. The molecule has 2 aromatic carbocycles. The van der Waals surface area contributed by atoms with Crippen LogP contribution in [0.4, 0.5) is 5.69 Å². The molecule has 4 nitrogen and oxygen atoms in total. The van der Waals surface area contributed by atoms with Crippen LogP contribution >= 0.6 is 0 Å². The number of benzene rings is 2. The second-order valence-electron chi connectivity index (χ2n) is 4.58. The van der Waals surface area contributed by atoms with Crippen LogP contribution in [0.2, 0.25) is 0 Å². The van der Waals surface area contributed by atoms with Gasteiger partial charge in [0.05, 0.1) is 5.52 Å². The first-order valence-electron chi connectivity index (χ1n) is 6.32. The maximum atomic E-state index is 11.9. The van der Waals surface area contributed by atoms with E-state index < -0.39 is 0 Å². The van der Waals surface area contributed by atoms with E-state index in [0.717, 1.165) is 10.9 Å². The smallest absolute Gasteiger partial charge is 0.290 e. The monoisotopic (exact) mass is 266 g/mol. The van der Waals surface area contributed by atoms with Crippen LogP contribution in [0.5, 0.6) is 5.75 Å². The summed E-state index contributed by atoms with van der Waals surface area (Å²) in [6.45, 7) is 0.365. The highest BCUT2D eigenvalue weighted by atomic mass is 16.5. The first-order valence-corrected chi connectivity index (χ1v) is 6.32. The number of H-pyrrole nitrogens is 1. The number of hydrogen-bond acceptors (Lipinski definition) is 3. The average Bonchev–Trinajstić information content (AvgIpc) is 2.46. The molecular weight excluding hydrogens is 252 g/mol. The van der Waals surface area contributed by atoms with Crippen molar-refractivity contribution in [1.29, 1.82) is 0 Å². The van der Waals surface area contributed by atoms with Gasteiger partial charge in [-0.15, -0.1) is 0 Å². The van der Waals surface area contributed by atoms with E-state index in [-0.39, 0.29) is 5.56 Å². The molecule has 0 saturated heterocycles. The van der Waals surface area contributed by atoms with Gasteiger partial charge in [-0.2, -0.15) is 0 Å². The molecule has 1 heterocycles. The van der Waals surface area contributed by atoms with E-state index in [9.17, 15) is 4.79 Å². The van der Waals surface area contributed by atoms with E-state index >= 15 is 0 Å². The molecule has 0 amide bonds. The van der Waals surface area contributed by atoms with Crippen molar-refractivity contribution < 1.29 is 4.74 Å². The van der Waals surface area contributed by atoms with Gasteiger partial charge in [0.2, 0.25) is 0 Å². The summed E-state index contributed by atoms with van der Waals surface area (Å²) in [6, 6.07) is 16.8. The molecule has 3 N–H and O–H groups in total. The van der Waals surface area contributed by atoms with Crippen molar-refractivity contribution in [3.05, 3.63) is 70.5 Å². The van der Waals surface area contributed by atoms with E-state index in [1.165, 1.54) is 0 Å². The Morgan fingerprint density at radius 1 is 1.05 bits per heavy atom. The summed E-state index contributed by atoms with van der Waals surface area (Å²) >= 11 is 0. The van der Waals surface area contributed by atoms with E-state index in [0.29, 0.717) is 23.6 Å². The summed E-state index contributed by atoms with van der Waals surface area (Å²) in [5, 5.41) is 0.891. The molecule has 0 aliphatic heterocycles. The highest BCUT2D eigenvalue weighted by Gasteiger charge is 2.04. The first-order chi connectivity index (χ1) is 9.72. The Morgan fingerprint density at radius 2 is 1.85 bits per heavy atom. The number of ether oxygens (including phenoxy) is 1. The Labute approximate surface area is 115 Å². The zero-order valence-electron chi connectivity index (χ0n) is 10.8. The van der Waals surface area contributed by atoms with Crippen molar-refractivity contribution in [2.45, 2.75) is 6.61 Å². The third-order valence-electron chi connectivity index (χ3n) is 3.07. The van der Waals surface area contributed by atoms with Crippen LogP contribution in [0.3, 0.4) is 0 Å². The lowest BCUT2D eigenvalue weighted by Gasteiger charge is -2.07. The molecule has 0 spiro atoms. The molecule has 100 valence electrons. The predicted octanol–water partition coefficient (Wildman–Crippen LogP) is 2.69. The normalized spacial score (nSPS) is 10.6. The van der Waals surface area contributed by atoms with Gasteiger partial charge in [-0.3, -0.25) is 4.79 Å². The maximum absolute atomic E-state index is 11.9. The Kier molecular flexibility index (Phi) is 3.13. The lowest BCUT2D eigenvalue weighted by atomic mass is 10.2. The van der Waals surface area contributed by atoms with Crippen molar-refractivity contribution in [2.75, 3.05) is 5.73 Å². The number of anilines is 1. The van der Waals surface area contributed by atoms with Gasteiger partial charge in [-0.05, 0) is 23.8 Å². The maximum Gasteiger partial charge on any atom is 0.290 e. The standard InChI is InChI=1S/C16H14N2O2/c17-13-7-6-12-8-15(16(19)18-14(12)9-13)20-10-11-4-2-1-3-5-11/h1-9H,10,17H2,(H,18,19). The lowest BCUT2D eigenvalue weighted by molar-refractivity contribution is 0.302. The van der Waals surface area contributed by atoms with Gasteiger partial charge in [-0.1, -0.05) is 36.4 Å². The molecule has 0 fully saturated rings. The number of hydrogen-bond donors (Lipinski definition) is 2. The van der Waals surface area contributed by atoms with Gasteiger partial charge >= 0.3 is 0 Å². The summed E-state index contributed by atoms with van der Waals surface area (Å²) in [7, 11) is 0. The van der Waals surface area contributed by atoms with Crippen LogP contribution in [0.15, 0.2) is 59.4 Å². The fraction of sp³-hybridized carbons (Fsp3) is 0.0625. The zero-order valence-corrected chi connectivity index (χ0v) is 10.8. The van der Waals surface area contributed by atoms with E-state index in [1.807, 2.05) is 36.4 Å². The van der Waals surface area contributed by atoms with Gasteiger partial charge in [0.25, 0.3) is 5.56 Å². The third kappa shape index (κ3) is 2.49. The quantitative estimate of drug-likeness (QED) is 0.716. The number of nitrogens with one attached hydrogen (secondary N) is 1. The number of aromatic amines is 1. The number of pyridine rings is 1. The Bertz CT molecular complexity index is 794. The molecule has 1 aromatic heterocycles. The fourth-order valence-corrected chi connectivity index (χ4v) is 2.04. The predicted molar refractivity (Wildman–Crippen MR) is 79.8 cm³/mol. The summed E-state index contributed by atoms with van der Waals surface area (Å²) in [6.07, 6.45) is 0. The second-order valence-corrected chi connectivity index (χ2v) is 4.58. The van der Waals surface area contributed by atoms with Crippen molar-refractivity contribution in [3.63, 3.8) is 0 Å². The molecule has 0 radical (unpaired) electrons. The van der Waals surface area contributed by atoms with Crippen LogP contribution in [-0.2, 0) is 6.61 Å². The molecule has 4 heteroatoms. The zero-order chi connectivity index (χ0) is 13.9. The summed E-state index contributed by atoms with van der Waals surface area (Å²) < 4.78 is 5.59. The Morgan fingerprint density at radius 3 is 2.65 bits per heavy atom. The lowest BCUT2D eigenvalue weighted by Crippen LogP contribution is -2.11. The number of fused-ring (bicyclic) bond motifs is 1. The van der Waals surface area contributed by atoms with E-state index in [4.69, 9.17) is 10.5 Å². The summed E-state index contributed by atoms with van der Waals surface area (Å²) in [4.78, 5) is 14.7. The highest BCUT2D eigenvalue weighted by Crippen LogP contribution is 2.18. The minimum Gasteiger partial charge on any atom is -0.483 e. The molecule has 0 saturated carbocycles. The van der Waals surface area contributed by atoms with Gasteiger partial charge < -0.3 is 15.5 Å². The van der Waals surface area contributed by atoms with Crippen molar-refractivity contribution in [3.8, 4) is 5.75 Å². The molecule has 0 bridgehead atoms. The van der Waals surface area contributed by atoms with Crippen LogP contribution in [-0.4, -0.2) is 4.98 Å².